The zero-order valence-electron chi connectivity index (χ0n) is 35.0. The van der Waals surface area contributed by atoms with Crippen LogP contribution in [0.25, 0.3) is 0 Å². The average Bonchev–Trinajstić information content (AvgIpc) is 3.32. The Hall–Kier alpha value is -1.24. The van der Waals surface area contributed by atoms with Crippen LogP contribution in [0.2, 0.25) is 0 Å². The van der Waals surface area contributed by atoms with Crippen molar-refractivity contribution in [1.29, 1.82) is 0 Å². The van der Waals surface area contributed by atoms with E-state index in [1.54, 1.807) is 0 Å². The second-order valence-electron chi connectivity index (χ2n) is 16.8. The second kappa shape index (κ2) is 23.5. The Kier molecular flexibility index (Phi) is 19.4. The summed E-state index contributed by atoms with van der Waals surface area (Å²) < 4.78 is 61.0. The van der Waals surface area contributed by atoms with E-state index in [2.05, 4.69) is 0 Å². The lowest BCUT2D eigenvalue weighted by atomic mass is 9.95. The molecule has 0 bridgehead atoms. The minimum absolute atomic E-state index is 0.835. The molecule has 1 unspecified atom stereocenters. The summed E-state index contributed by atoms with van der Waals surface area (Å²) in [5, 5.41) is 209. The van der Waals surface area contributed by atoms with Crippen molar-refractivity contribution in [1.82, 2.24) is 0 Å². The molecule has 0 aliphatic carbocycles. The average molecular weight is 991 g/mol. The first-order chi connectivity index (χ1) is 31.7. The molecule has 0 amide bonds. The van der Waals surface area contributed by atoms with Crippen LogP contribution in [0.1, 0.15) is 0 Å². The fraction of sp³-hybridized carbons (Fsp3) is 1.00. The van der Waals surface area contributed by atoms with E-state index in [9.17, 15) is 102 Å². The number of rotatable bonds is 16. The molecule has 6 heterocycles. The van der Waals surface area contributed by atoms with E-state index in [0.29, 0.717) is 0 Å². The first kappa shape index (κ1) is 55.1. The molecule has 31 heteroatoms. The van der Waals surface area contributed by atoms with Gasteiger partial charge in [0, 0.05) is 0 Å². The minimum atomic E-state index is -2.17. The summed E-state index contributed by atoms with van der Waals surface area (Å²) in [6.07, 6.45) is -57.0. The van der Waals surface area contributed by atoms with Gasteiger partial charge in [-0.25, -0.2) is 0 Å². The van der Waals surface area contributed by atoms with Crippen LogP contribution in [0.4, 0.5) is 0 Å². The van der Waals surface area contributed by atoms with Crippen molar-refractivity contribution in [3.05, 3.63) is 0 Å². The van der Waals surface area contributed by atoms with Gasteiger partial charge in [-0.1, -0.05) is 0 Å². The molecule has 30 atom stereocenters. The third-order valence-electron chi connectivity index (χ3n) is 12.4. The molecule has 0 aromatic carbocycles. The molecule has 0 aromatic heterocycles. The van der Waals surface area contributed by atoms with Gasteiger partial charge in [0.1, 0.15) is 146 Å². The topological polar surface area (TPSA) is 506 Å². The Morgan fingerprint density at radius 3 is 0.896 bits per heavy atom. The molecule has 0 radical (unpaired) electrons. The highest BCUT2D eigenvalue weighted by Crippen LogP contribution is 2.36. The van der Waals surface area contributed by atoms with E-state index in [4.69, 9.17) is 52.1 Å². The van der Waals surface area contributed by atoms with E-state index in [0.717, 1.165) is 0 Å². The Balaban J connectivity index is 1.16. The van der Waals surface area contributed by atoms with Crippen LogP contribution in [0.5, 0.6) is 0 Å². The van der Waals surface area contributed by atoms with Gasteiger partial charge in [0.25, 0.3) is 0 Å². The predicted octanol–water partition coefficient (Wildman–Crippen LogP) is -14.1. The maximum atomic E-state index is 11.4. The fourth-order valence-electron chi connectivity index (χ4n) is 8.42. The van der Waals surface area contributed by atoms with E-state index >= 15 is 0 Å². The zero-order chi connectivity index (χ0) is 49.3. The maximum Gasteiger partial charge on any atom is 0.187 e. The highest BCUT2D eigenvalue weighted by Gasteiger charge is 2.56. The Labute approximate surface area is 378 Å². The summed E-state index contributed by atoms with van der Waals surface area (Å²) in [6.45, 7) is -5.57. The normalized spacial score (nSPS) is 53.4. The molecule has 6 fully saturated rings. The molecular weight excluding hydrogens is 928 g/mol. The van der Waals surface area contributed by atoms with Gasteiger partial charge in [-0.2, -0.15) is 0 Å². The van der Waals surface area contributed by atoms with Crippen molar-refractivity contribution in [2.75, 3.05) is 39.6 Å². The van der Waals surface area contributed by atoms with Gasteiger partial charge in [-0.05, 0) is 0 Å². The Morgan fingerprint density at radius 1 is 0.254 bits per heavy atom. The third kappa shape index (κ3) is 11.4. The summed E-state index contributed by atoms with van der Waals surface area (Å²) in [6, 6.07) is 0. The largest absolute Gasteiger partial charge is 0.394 e. The van der Waals surface area contributed by atoms with E-state index < -0.39 is 224 Å². The highest BCUT2D eigenvalue weighted by atomic mass is 16.8. The Morgan fingerprint density at radius 2 is 0.522 bits per heavy atom. The van der Waals surface area contributed by atoms with Crippen molar-refractivity contribution < 1.29 is 154 Å². The standard InChI is InChI=1S/C36H62O31/c37-1-7-13(42)15(44)22(51)33(59-7)65-29-11(5-41)62-35(25(54)19(29)48)66-28-10(4-40)61-32(24(53)18(28)47)57-6-12-30(67-34-23(52)16(45)14(43)8(2-38)60-34)20(49)26(55)36(63-12)64-27-9(3-39)58-31(56)21(50)17(27)46/h7-56H,1-6H2/t7-,8-,9-,10-,11-,12-,13-,14-,15+,16+,17-,18-,19-,20-,21-,22-,23-,24-,25-,26-,27-,28-,29-,30-,31?,32+,33-,34-,35-,36-/m1/s1. The van der Waals surface area contributed by atoms with E-state index in [-0.39, 0.29) is 0 Å². The van der Waals surface area contributed by atoms with E-state index in [1.807, 2.05) is 0 Å². The molecular formula is C36H62O31. The maximum absolute atomic E-state index is 11.4. The number of ether oxygens (including phenoxy) is 11. The molecule has 0 aromatic rings. The number of hydrogen-bond donors (Lipinski definition) is 20. The van der Waals surface area contributed by atoms with Gasteiger partial charge in [-0.3, -0.25) is 0 Å². The molecule has 6 aliphatic heterocycles. The quantitative estimate of drug-likeness (QED) is 0.0683. The third-order valence-corrected chi connectivity index (χ3v) is 12.4. The summed E-state index contributed by atoms with van der Waals surface area (Å²) in [5.41, 5.74) is 0. The SMILES string of the molecule is OC[C@H]1O[C@H](O[C@H]2[C@H](O)[C@@H](O)[C@@H](O[C@H]3[C@H](O)[C@@H](O)[C@@H](OC[C@H]4O[C@H](O[C@H]5[C@H](O)[C@@H](O)C(O)O[C@@H]5CO)[C@H](O)[C@@H](O)[C@@H]4O[C@H]4O[C@H](CO)[C@@H](O)[C@H](O)[C@H]4O)O[C@@H]3CO)O[C@@H]2CO)[C@H](O)[C@@H](O)[C@@H]1O. The van der Waals surface area contributed by atoms with Crippen molar-refractivity contribution in [2.45, 2.75) is 184 Å². The van der Waals surface area contributed by atoms with Crippen molar-refractivity contribution in [3.63, 3.8) is 0 Å². The van der Waals surface area contributed by atoms with Gasteiger partial charge in [0.15, 0.2) is 37.7 Å². The minimum Gasteiger partial charge on any atom is -0.394 e. The summed E-state index contributed by atoms with van der Waals surface area (Å²) in [7, 11) is 0. The van der Waals surface area contributed by atoms with Crippen molar-refractivity contribution >= 4 is 0 Å². The first-order valence-electron chi connectivity index (χ1n) is 21.1. The molecule has 6 rings (SSSR count). The zero-order valence-corrected chi connectivity index (χ0v) is 35.0. The van der Waals surface area contributed by atoms with Crippen LogP contribution in [0, 0.1) is 0 Å². The van der Waals surface area contributed by atoms with Gasteiger partial charge in [-0.15, -0.1) is 0 Å². The molecule has 67 heavy (non-hydrogen) atoms. The summed E-state index contributed by atoms with van der Waals surface area (Å²) >= 11 is 0. The van der Waals surface area contributed by atoms with Crippen LogP contribution in [0.3, 0.4) is 0 Å². The molecule has 0 spiro atoms. The molecule has 392 valence electrons. The van der Waals surface area contributed by atoms with E-state index in [1.165, 1.54) is 0 Å². The van der Waals surface area contributed by atoms with Gasteiger partial charge in [0.05, 0.1) is 39.6 Å². The predicted molar refractivity (Wildman–Crippen MR) is 199 cm³/mol. The Bertz CT molecular complexity index is 1500. The molecule has 6 saturated heterocycles. The number of aliphatic hydroxyl groups is 20. The first-order valence-corrected chi connectivity index (χ1v) is 21.1. The molecule has 0 saturated carbocycles. The molecule has 31 nitrogen and oxygen atoms in total. The highest BCUT2D eigenvalue weighted by molar-refractivity contribution is 4.99. The number of hydrogen-bond acceptors (Lipinski definition) is 31. The van der Waals surface area contributed by atoms with Gasteiger partial charge in [0.2, 0.25) is 0 Å². The summed E-state index contributed by atoms with van der Waals surface area (Å²) in [5.74, 6) is 0. The lowest BCUT2D eigenvalue weighted by molar-refractivity contribution is -0.389. The smallest absolute Gasteiger partial charge is 0.187 e. The van der Waals surface area contributed by atoms with Gasteiger partial charge < -0.3 is 154 Å². The lowest BCUT2D eigenvalue weighted by Crippen LogP contribution is -2.67. The molecule has 6 aliphatic rings. The summed E-state index contributed by atoms with van der Waals surface area (Å²) in [4.78, 5) is 0. The van der Waals surface area contributed by atoms with Crippen LogP contribution in [-0.4, -0.2) is 326 Å². The van der Waals surface area contributed by atoms with Crippen LogP contribution in [-0.2, 0) is 52.1 Å². The fourth-order valence-corrected chi connectivity index (χ4v) is 8.42. The molecule has 20 N–H and O–H groups in total. The van der Waals surface area contributed by atoms with Gasteiger partial charge >= 0.3 is 0 Å². The van der Waals surface area contributed by atoms with Crippen LogP contribution < -0.4 is 0 Å². The van der Waals surface area contributed by atoms with Crippen LogP contribution in [0.15, 0.2) is 0 Å². The second-order valence-corrected chi connectivity index (χ2v) is 16.8. The number of aliphatic hydroxyl groups excluding tert-OH is 20. The van der Waals surface area contributed by atoms with Crippen molar-refractivity contribution in [3.8, 4) is 0 Å². The monoisotopic (exact) mass is 990 g/mol. The van der Waals surface area contributed by atoms with Crippen molar-refractivity contribution in [2.24, 2.45) is 0 Å². The van der Waals surface area contributed by atoms with Crippen LogP contribution >= 0.6 is 0 Å². The lowest BCUT2D eigenvalue weighted by Gasteiger charge is -2.49.